The smallest absolute Gasteiger partial charge is 0.338 e. The largest absolute Gasteiger partial charge is 0.497 e. The van der Waals surface area contributed by atoms with Crippen molar-refractivity contribution in [2.45, 2.75) is 32.7 Å². The van der Waals surface area contributed by atoms with E-state index < -0.39 is 0 Å². The van der Waals surface area contributed by atoms with Crippen LogP contribution in [-0.2, 0) is 4.74 Å². The average Bonchev–Trinajstić information content (AvgIpc) is 2.47. The van der Waals surface area contributed by atoms with Crippen LogP contribution in [0.1, 0.15) is 37.0 Å². The van der Waals surface area contributed by atoms with Crippen LogP contribution in [0.4, 0.5) is 0 Å². The molecule has 0 spiro atoms. The van der Waals surface area contributed by atoms with Gasteiger partial charge in [-0.05, 0) is 37.6 Å². The number of rotatable bonds is 8. The molecule has 0 saturated heterocycles. The Balaban J connectivity index is 2.49. The van der Waals surface area contributed by atoms with Crippen LogP contribution in [0.5, 0.6) is 5.75 Å². The van der Waals surface area contributed by atoms with Crippen molar-refractivity contribution >= 4 is 5.97 Å². The molecule has 0 heterocycles. The lowest BCUT2D eigenvalue weighted by atomic mass is 10.2. The first-order chi connectivity index (χ1) is 9.21. The number of carbonyl (C=O) groups excluding carboxylic acids is 1. The fraction of sp³-hybridized carbons (Fsp3) is 0.533. The number of hydrogen-bond acceptors (Lipinski definition) is 4. The zero-order chi connectivity index (χ0) is 14.1. The fourth-order valence-corrected chi connectivity index (χ4v) is 1.68. The van der Waals surface area contributed by atoms with Gasteiger partial charge in [-0.3, -0.25) is 0 Å². The van der Waals surface area contributed by atoms with Gasteiger partial charge < -0.3 is 14.8 Å². The molecular formula is C15H23NO3. The van der Waals surface area contributed by atoms with Crippen LogP contribution < -0.4 is 10.1 Å². The molecule has 1 atom stereocenters. The predicted octanol–water partition coefficient (Wildman–Crippen LogP) is 2.63. The number of methoxy groups -OCH3 is 1. The molecule has 4 heteroatoms. The summed E-state index contributed by atoms with van der Waals surface area (Å²) in [6.07, 6.45) is 2.01. The second-order valence-electron chi connectivity index (χ2n) is 4.39. The van der Waals surface area contributed by atoms with Gasteiger partial charge in [0.05, 0.1) is 12.7 Å². The van der Waals surface area contributed by atoms with E-state index in [9.17, 15) is 4.79 Å². The van der Waals surface area contributed by atoms with Crippen LogP contribution in [0.2, 0.25) is 0 Å². The highest BCUT2D eigenvalue weighted by Gasteiger charge is 2.11. The van der Waals surface area contributed by atoms with Crippen LogP contribution in [0.15, 0.2) is 24.3 Å². The Morgan fingerprint density at radius 3 is 2.79 bits per heavy atom. The zero-order valence-electron chi connectivity index (χ0n) is 11.9. The van der Waals surface area contributed by atoms with Gasteiger partial charge in [-0.15, -0.1) is 0 Å². The second kappa shape index (κ2) is 8.53. The van der Waals surface area contributed by atoms with Gasteiger partial charge in [0.25, 0.3) is 0 Å². The molecule has 0 radical (unpaired) electrons. The van der Waals surface area contributed by atoms with Crippen molar-refractivity contribution in [3.05, 3.63) is 29.8 Å². The molecule has 4 nitrogen and oxygen atoms in total. The van der Waals surface area contributed by atoms with E-state index in [1.165, 1.54) is 0 Å². The van der Waals surface area contributed by atoms with Gasteiger partial charge in [0.1, 0.15) is 12.4 Å². The zero-order valence-corrected chi connectivity index (χ0v) is 11.9. The summed E-state index contributed by atoms with van der Waals surface area (Å²) in [6.45, 7) is 5.52. The molecule has 0 aliphatic rings. The Morgan fingerprint density at radius 2 is 2.16 bits per heavy atom. The van der Waals surface area contributed by atoms with Crippen molar-refractivity contribution in [2.75, 3.05) is 20.3 Å². The Kier molecular flexibility index (Phi) is 6.97. The first-order valence-electron chi connectivity index (χ1n) is 6.75. The quantitative estimate of drug-likeness (QED) is 0.734. The summed E-state index contributed by atoms with van der Waals surface area (Å²) in [6, 6.07) is 7.21. The van der Waals surface area contributed by atoms with E-state index in [0.29, 0.717) is 17.9 Å². The monoisotopic (exact) mass is 265 g/mol. The van der Waals surface area contributed by atoms with Crippen molar-refractivity contribution in [2.24, 2.45) is 0 Å². The highest BCUT2D eigenvalue weighted by Crippen LogP contribution is 2.13. The summed E-state index contributed by atoms with van der Waals surface area (Å²) in [5.74, 6) is 0.348. The lowest BCUT2D eigenvalue weighted by Gasteiger charge is -2.16. The minimum Gasteiger partial charge on any atom is -0.497 e. The van der Waals surface area contributed by atoms with Crippen LogP contribution in [-0.4, -0.2) is 32.3 Å². The second-order valence-corrected chi connectivity index (χ2v) is 4.39. The molecule has 1 unspecified atom stereocenters. The number of ether oxygens (including phenoxy) is 2. The van der Waals surface area contributed by atoms with Gasteiger partial charge >= 0.3 is 5.97 Å². The first kappa shape index (κ1) is 15.5. The molecule has 0 aliphatic heterocycles. The van der Waals surface area contributed by atoms with Crippen molar-refractivity contribution in [3.8, 4) is 5.75 Å². The summed E-state index contributed by atoms with van der Waals surface area (Å²) >= 11 is 0. The van der Waals surface area contributed by atoms with Crippen LogP contribution in [0.25, 0.3) is 0 Å². The molecule has 19 heavy (non-hydrogen) atoms. The van der Waals surface area contributed by atoms with E-state index in [1.807, 2.05) is 0 Å². The topological polar surface area (TPSA) is 47.6 Å². The van der Waals surface area contributed by atoms with Crippen LogP contribution in [0, 0.1) is 0 Å². The predicted molar refractivity (Wildman–Crippen MR) is 75.6 cm³/mol. The van der Waals surface area contributed by atoms with E-state index >= 15 is 0 Å². The molecule has 0 amide bonds. The van der Waals surface area contributed by atoms with E-state index in [0.717, 1.165) is 19.4 Å². The van der Waals surface area contributed by atoms with Gasteiger partial charge in [-0.1, -0.05) is 19.9 Å². The summed E-state index contributed by atoms with van der Waals surface area (Å²) in [5, 5.41) is 3.35. The SMILES string of the molecule is CCCNC(CC)COC(=O)c1cccc(OC)c1. The lowest BCUT2D eigenvalue weighted by molar-refractivity contribution is 0.0462. The normalized spacial score (nSPS) is 11.9. The number of carbonyl (C=O) groups is 1. The third kappa shape index (κ3) is 5.30. The van der Waals surface area contributed by atoms with Gasteiger partial charge in [0, 0.05) is 6.04 Å². The minimum absolute atomic E-state index is 0.217. The Morgan fingerprint density at radius 1 is 1.37 bits per heavy atom. The molecule has 0 fully saturated rings. The summed E-state index contributed by atoms with van der Waals surface area (Å²) in [5.41, 5.74) is 0.518. The van der Waals surface area contributed by atoms with Gasteiger partial charge in [-0.25, -0.2) is 4.79 Å². The van der Waals surface area contributed by atoms with Crippen LogP contribution in [0.3, 0.4) is 0 Å². The maximum Gasteiger partial charge on any atom is 0.338 e. The molecular weight excluding hydrogens is 242 g/mol. The standard InChI is InChI=1S/C15H23NO3/c1-4-9-16-13(5-2)11-19-15(17)12-7-6-8-14(10-12)18-3/h6-8,10,13,16H,4-5,9,11H2,1-3H3. The first-order valence-corrected chi connectivity index (χ1v) is 6.75. The lowest BCUT2D eigenvalue weighted by Crippen LogP contribution is -2.34. The van der Waals surface area contributed by atoms with Crippen molar-refractivity contribution in [1.82, 2.24) is 5.32 Å². The molecule has 106 valence electrons. The van der Waals surface area contributed by atoms with Crippen molar-refractivity contribution in [1.29, 1.82) is 0 Å². The van der Waals surface area contributed by atoms with Gasteiger partial charge in [-0.2, -0.15) is 0 Å². The number of benzene rings is 1. The molecule has 0 aromatic heterocycles. The van der Waals surface area contributed by atoms with E-state index in [2.05, 4.69) is 19.2 Å². The Bertz CT molecular complexity index is 393. The summed E-state index contributed by atoms with van der Waals surface area (Å²) in [4.78, 5) is 11.9. The molecule has 1 aromatic rings. The molecule has 0 aliphatic carbocycles. The van der Waals surface area contributed by atoms with Gasteiger partial charge in [0.2, 0.25) is 0 Å². The molecule has 0 bridgehead atoms. The molecule has 1 aromatic carbocycles. The third-order valence-corrected chi connectivity index (χ3v) is 2.90. The highest BCUT2D eigenvalue weighted by molar-refractivity contribution is 5.89. The summed E-state index contributed by atoms with van der Waals surface area (Å²) in [7, 11) is 1.58. The fourth-order valence-electron chi connectivity index (χ4n) is 1.68. The van der Waals surface area contributed by atoms with E-state index in [1.54, 1.807) is 31.4 Å². The number of esters is 1. The number of hydrogen-bond donors (Lipinski definition) is 1. The Labute approximate surface area is 115 Å². The number of nitrogens with one attached hydrogen (secondary N) is 1. The molecule has 1 rings (SSSR count). The molecule has 1 N–H and O–H groups in total. The minimum atomic E-state index is -0.310. The average molecular weight is 265 g/mol. The van der Waals surface area contributed by atoms with Crippen molar-refractivity contribution < 1.29 is 14.3 Å². The van der Waals surface area contributed by atoms with Crippen LogP contribution >= 0.6 is 0 Å². The van der Waals surface area contributed by atoms with E-state index in [4.69, 9.17) is 9.47 Å². The molecule has 0 saturated carbocycles. The highest BCUT2D eigenvalue weighted by atomic mass is 16.5. The van der Waals surface area contributed by atoms with Crippen molar-refractivity contribution in [3.63, 3.8) is 0 Å². The maximum atomic E-state index is 11.9. The van der Waals surface area contributed by atoms with Gasteiger partial charge in [0.15, 0.2) is 0 Å². The van der Waals surface area contributed by atoms with E-state index in [-0.39, 0.29) is 12.0 Å². The Hall–Kier alpha value is -1.55. The summed E-state index contributed by atoms with van der Waals surface area (Å²) < 4.78 is 10.4. The maximum absolute atomic E-state index is 11.9. The third-order valence-electron chi connectivity index (χ3n) is 2.90.